The standard InChI is InChI=1S/C10H21ClN2O3S/c1-2-10(3-4-11)9-12-17(14,15)13-5-7-16-8-6-13/h10,12H,2-9H2,1H3. The van der Waals surface area contributed by atoms with Crippen molar-refractivity contribution in [3.63, 3.8) is 0 Å². The number of ether oxygens (including phenoxy) is 1. The lowest BCUT2D eigenvalue weighted by Gasteiger charge is -2.27. The van der Waals surface area contributed by atoms with Crippen molar-refractivity contribution in [1.29, 1.82) is 0 Å². The van der Waals surface area contributed by atoms with Gasteiger partial charge in [-0.1, -0.05) is 13.3 Å². The Hall–Kier alpha value is 0.120. The van der Waals surface area contributed by atoms with Crippen LogP contribution in [0.25, 0.3) is 0 Å². The number of morpholine rings is 1. The van der Waals surface area contributed by atoms with Crippen molar-refractivity contribution in [2.75, 3.05) is 38.7 Å². The summed E-state index contributed by atoms with van der Waals surface area (Å²) in [5.74, 6) is 0.876. The van der Waals surface area contributed by atoms with Gasteiger partial charge in [-0.3, -0.25) is 0 Å². The van der Waals surface area contributed by atoms with Crippen LogP contribution in [0, 0.1) is 5.92 Å². The molecule has 0 spiro atoms. The summed E-state index contributed by atoms with van der Waals surface area (Å²) >= 11 is 5.67. The van der Waals surface area contributed by atoms with Gasteiger partial charge in [0.25, 0.3) is 10.2 Å². The number of hydrogen-bond donors (Lipinski definition) is 1. The molecule has 1 fully saturated rings. The molecular weight excluding hydrogens is 264 g/mol. The Morgan fingerprint density at radius 1 is 1.41 bits per heavy atom. The molecular formula is C10H21ClN2O3S. The molecule has 0 aliphatic carbocycles. The maximum Gasteiger partial charge on any atom is 0.279 e. The van der Waals surface area contributed by atoms with Crippen LogP contribution in [0.15, 0.2) is 0 Å². The zero-order valence-electron chi connectivity index (χ0n) is 10.2. The van der Waals surface area contributed by atoms with E-state index >= 15 is 0 Å². The summed E-state index contributed by atoms with van der Waals surface area (Å²) in [6.07, 6.45) is 1.77. The first-order chi connectivity index (χ1) is 8.10. The van der Waals surface area contributed by atoms with E-state index in [0.29, 0.717) is 44.6 Å². The summed E-state index contributed by atoms with van der Waals surface area (Å²) in [6.45, 7) is 4.31. The van der Waals surface area contributed by atoms with Crippen LogP contribution < -0.4 is 4.72 Å². The molecule has 102 valence electrons. The molecule has 5 nitrogen and oxygen atoms in total. The second kappa shape index (κ2) is 7.53. The van der Waals surface area contributed by atoms with Crippen LogP contribution in [-0.4, -0.2) is 51.5 Å². The molecule has 0 bridgehead atoms. The van der Waals surface area contributed by atoms with Gasteiger partial charge in [-0.15, -0.1) is 11.6 Å². The summed E-state index contributed by atoms with van der Waals surface area (Å²) in [5.41, 5.74) is 0. The Bertz CT molecular complexity index is 305. The Kier molecular flexibility index (Phi) is 6.72. The Labute approximate surface area is 109 Å². The van der Waals surface area contributed by atoms with Crippen molar-refractivity contribution in [3.05, 3.63) is 0 Å². The second-order valence-electron chi connectivity index (χ2n) is 4.12. The Morgan fingerprint density at radius 3 is 2.59 bits per heavy atom. The maximum atomic E-state index is 11.9. The number of nitrogens with one attached hydrogen (secondary N) is 1. The molecule has 7 heteroatoms. The van der Waals surface area contributed by atoms with Gasteiger partial charge in [0.05, 0.1) is 13.2 Å². The Balaban J connectivity index is 2.42. The normalized spacial score (nSPS) is 20.4. The minimum Gasteiger partial charge on any atom is -0.379 e. The molecule has 0 radical (unpaired) electrons. The van der Waals surface area contributed by atoms with Crippen LogP contribution in [0.1, 0.15) is 19.8 Å². The fourth-order valence-electron chi connectivity index (χ4n) is 1.71. The van der Waals surface area contributed by atoms with Gasteiger partial charge in [-0.25, -0.2) is 4.72 Å². The van der Waals surface area contributed by atoms with Gasteiger partial charge < -0.3 is 4.74 Å². The van der Waals surface area contributed by atoms with E-state index in [4.69, 9.17) is 16.3 Å². The number of hydrogen-bond acceptors (Lipinski definition) is 3. The maximum absolute atomic E-state index is 11.9. The molecule has 1 aliphatic heterocycles. The van der Waals surface area contributed by atoms with Crippen molar-refractivity contribution in [2.45, 2.75) is 19.8 Å². The van der Waals surface area contributed by atoms with Crippen LogP contribution in [-0.2, 0) is 14.9 Å². The van der Waals surface area contributed by atoms with Crippen molar-refractivity contribution >= 4 is 21.8 Å². The van der Waals surface area contributed by atoms with Gasteiger partial charge in [0.1, 0.15) is 0 Å². The van der Waals surface area contributed by atoms with Crippen molar-refractivity contribution in [2.24, 2.45) is 5.92 Å². The van der Waals surface area contributed by atoms with Gasteiger partial charge in [0.15, 0.2) is 0 Å². The monoisotopic (exact) mass is 284 g/mol. The first-order valence-corrected chi connectivity index (χ1v) is 7.96. The summed E-state index contributed by atoms with van der Waals surface area (Å²) in [6, 6.07) is 0. The van der Waals surface area contributed by atoms with Crippen LogP contribution in [0.5, 0.6) is 0 Å². The molecule has 1 saturated heterocycles. The molecule has 0 aromatic rings. The lowest BCUT2D eigenvalue weighted by atomic mass is 10.0. The van der Waals surface area contributed by atoms with Crippen LogP contribution >= 0.6 is 11.6 Å². The average molecular weight is 285 g/mol. The third kappa shape index (κ3) is 5.09. The van der Waals surface area contributed by atoms with Gasteiger partial charge >= 0.3 is 0 Å². The molecule has 0 aromatic carbocycles. The van der Waals surface area contributed by atoms with Gasteiger partial charge in [0.2, 0.25) is 0 Å². The van der Waals surface area contributed by atoms with Gasteiger partial charge in [-0.2, -0.15) is 12.7 Å². The van der Waals surface area contributed by atoms with E-state index in [1.807, 2.05) is 6.92 Å². The SMILES string of the molecule is CCC(CCCl)CNS(=O)(=O)N1CCOCC1. The van der Waals surface area contributed by atoms with Gasteiger partial charge in [-0.05, 0) is 12.3 Å². The highest BCUT2D eigenvalue weighted by Gasteiger charge is 2.24. The van der Waals surface area contributed by atoms with Crippen molar-refractivity contribution in [3.8, 4) is 0 Å². The van der Waals surface area contributed by atoms with Crippen molar-refractivity contribution < 1.29 is 13.2 Å². The highest BCUT2D eigenvalue weighted by Crippen LogP contribution is 2.09. The Morgan fingerprint density at radius 2 is 2.06 bits per heavy atom. The molecule has 1 N–H and O–H groups in total. The molecule has 1 rings (SSSR count). The van der Waals surface area contributed by atoms with E-state index in [1.54, 1.807) is 0 Å². The van der Waals surface area contributed by atoms with E-state index in [1.165, 1.54) is 4.31 Å². The fourth-order valence-corrected chi connectivity index (χ4v) is 3.27. The fraction of sp³-hybridized carbons (Fsp3) is 1.00. The molecule has 1 atom stereocenters. The first-order valence-electron chi connectivity index (χ1n) is 5.98. The molecule has 17 heavy (non-hydrogen) atoms. The topological polar surface area (TPSA) is 58.6 Å². The first kappa shape index (κ1) is 15.2. The summed E-state index contributed by atoms with van der Waals surface area (Å²) in [4.78, 5) is 0. The average Bonchev–Trinajstić information content (AvgIpc) is 2.35. The lowest BCUT2D eigenvalue weighted by molar-refractivity contribution is 0.0724. The minimum absolute atomic E-state index is 0.309. The predicted octanol–water partition coefficient (Wildman–Crippen LogP) is 0.808. The predicted molar refractivity (Wildman–Crippen MR) is 68.4 cm³/mol. The zero-order chi connectivity index (χ0) is 12.7. The molecule has 0 amide bonds. The molecule has 0 saturated carbocycles. The second-order valence-corrected chi connectivity index (χ2v) is 6.25. The van der Waals surface area contributed by atoms with E-state index < -0.39 is 10.2 Å². The molecule has 0 aromatic heterocycles. The third-order valence-corrected chi connectivity index (χ3v) is 4.75. The smallest absolute Gasteiger partial charge is 0.279 e. The summed E-state index contributed by atoms with van der Waals surface area (Å²) < 4.78 is 33.1. The highest BCUT2D eigenvalue weighted by atomic mass is 35.5. The minimum atomic E-state index is -3.35. The quantitative estimate of drug-likeness (QED) is 0.704. The van der Waals surface area contributed by atoms with Crippen LogP contribution in [0.4, 0.5) is 0 Å². The van der Waals surface area contributed by atoms with E-state index in [-0.39, 0.29) is 0 Å². The highest BCUT2D eigenvalue weighted by molar-refractivity contribution is 7.87. The molecule has 1 aliphatic rings. The number of nitrogens with zero attached hydrogens (tertiary/aromatic N) is 1. The van der Waals surface area contributed by atoms with E-state index in [2.05, 4.69) is 4.72 Å². The number of rotatable bonds is 7. The molecule has 1 unspecified atom stereocenters. The summed E-state index contributed by atoms with van der Waals surface area (Å²) in [7, 11) is -3.35. The van der Waals surface area contributed by atoms with Crippen LogP contribution in [0.3, 0.4) is 0 Å². The number of halogens is 1. The van der Waals surface area contributed by atoms with E-state index in [9.17, 15) is 8.42 Å². The van der Waals surface area contributed by atoms with E-state index in [0.717, 1.165) is 12.8 Å². The molecule has 1 heterocycles. The van der Waals surface area contributed by atoms with Gasteiger partial charge in [0, 0.05) is 25.5 Å². The largest absolute Gasteiger partial charge is 0.379 e. The zero-order valence-corrected chi connectivity index (χ0v) is 11.8. The third-order valence-electron chi connectivity index (χ3n) is 2.96. The van der Waals surface area contributed by atoms with Crippen molar-refractivity contribution in [1.82, 2.24) is 9.03 Å². The number of alkyl halides is 1. The lowest BCUT2D eigenvalue weighted by Crippen LogP contribution is -2.47. The summed E-state index contributed by atoms with van der Waals surface area (Å²) in [5, 5.41) is 0. The van der Waals surface area contributed by atoms with Crippen LogP contribution in [0.2, 0.25) is 0 Å².